The van der Waals surface area contributed by atoms with Gasteiger partial charge < -0.3 is 33.4 Å². The fourth-order valence-corrected chi connectivity index (χ4v) is 4.85. The highest BCUT2D eigenvalue weighted by Crippen LogP contribution is 2.33. The fraction of sp³-hybridized carbons (Fsp3) is 0.500. The third-order valence-corrected chi connectivity index (χ3v) is 7.91. The minimum absolute atomic E-state index is 0.178. The van der Waals surface area contributed by atoms with E-state index in [-0.39, 0.29) is 24.7 Å². The number of nitrogens with one attached hydrogen (secondary N) is 1. The second kappa shape index (κ2) is 16.3. The molecule has 0 radical (unpaired) electrons. The molecule has 1 N–H and O–H groups in total. The molecule has 1 saturated heterocycles. The molecular formula is C30H43NO7Si. The van der Waals surface area contributed by atoms with Crippen LogP contribution in [0.25, 0.3) is 0 Å². The van der Waals surface area contributed by atoms with Crippen molar-refractivity contribution in [3.63, 3.8) is 0 Å². The van der Waals surface area contributed by atoms with Crippen LogP contribution in [0, 0.1) is 0 Å². The van der Waals surface area contributed by atoms with E-state index < -0.39 is 22.0 Å². The largest absolute Gasteiger partial charge is 0.491 e. The standard InChI is InChI=1S/C30H43NO7Si/c1-5-17-33-19-28(38-29(32)31-16-7-18-39-37-6-2)22-35-26-14-10-24(11-15-26)30(3,4)23-8-12-25(13-9-23)34-20-27-21-36-27/h5,8-15,27-28H,1,6-7,16-22,39H2,2-4H3,(H,31,32). The highest BCUT2D eigenvalue weighted by Gasteiger charge is 2.25. The zero-order chi connectivity index (χ0) is 27.9. The van der Waals surface area contributed by atoms with Crippen LogP contribution in [0.2, 0.25) is 6.04 Å². The molecule has 2 aromatic rings. The molecule has 1 fully saturated rings. The summed E-state index contributed by atoms with van der Waals surface area (Å²) in [7, 11) is -0.490. The average Bonchev–Trinajstić information content (AvgIpc) is 3.78. The number of carbonyl (C=O) groups is 1. The van der Waals surface area contributed by atoms with Gasteiger partial charge in [-0.05, 0) is 54.8 Å². The Balaban J connectivity index is 1.49. The van der Waals surface area contributed by atoms with E-state index in [2.05, 4.69) is 50.0 Å². The quantitative estimate of drug-likeness (QED) is 0.119. The monoisotopic (exact) mass is 557 g/mol. The molecule has 0 spiro atoms. The summed E-state index contributed by atoms with van der Waals surface area (Å²) in [6, 6.07) is 17.2. The number of rotatable bonds is 19. The van der Waals surface area contributed by atoms with E-state index in [9.17, 15) is 4.79 Å². The van der Waals surface area contributed by atoms with Crippen molar-refractivity contribution in [1.82, 2.24) is 5.32 Å². The number of hydrogen-bond donors (Lipinski definition) is 1. The lowest BCUT2D eigenvalue weighted by Gasteiger charge is -2.26. The van der Waals surface area contributed by atoms with Crippen molar-refractivity contribution in [2.75, 3.05) is 46.2 Å². The Kier molecular flexibility index (Phi) is 12.8. The van der Waals surface area contributed by atoms with Crippen LogP contribution in [-0.4, -0.2) is 74.3 Å². The maximum atomic E-state index is 12.3. The molecule has 39 heavy (non-hydrogen) atoms. The SMILES string of the molecule is C=CCOCC(COc1ccc(C(C)(C)c2ccc(OCC3CO3)cc2)cc1)OC(=O)NCCC[SiH2]OCC. The molecule has 1 heterocycles. The summed E-state index contributed by atoms with van der Waals surface area (Å²) >= 11 is 0. The van der Waals surface area contributed by atoms with Gasteiger partial charge in [0.2, 0.25) is 0 Å². The van der Waals surface area contributed by atoms with Crippen LogP contribution in [0.4, 0.5) is 4.79 Å². The van der Waals surface area contributed by atoms with Gasteiger partial charge in [-0.3, -0.25) is 0 Å². The molecule has 0 bridgehead atoms. The molecule has 8 nitrogen and oxygen atoms in total. The van der Waals surface area contributed by atoms with E-state index in [1.807, 2.05) is 31.2 Å². The average molecular weight is 558 g/mol. The van der Waals surface area contributed by atoms with Crippen molar-refractivity contribution in [2.24, 2.45) is 0 Å². The zero-order valence-corrected chi connectivity index (χ0v) is 24.9. The number of ether oxygens (including phenoxy) is 5. The molecule has 1 aliphatic heterocycles. The van der Waals surface area contributed by atoms with Gasteiger partial charge in [-0.1, -0.05) is 44.2 Å². The molecule has 2 atom stereocenters. The maximum absolute atomic E-state index is 12.3. The first-order valence-corrected chi connectivity index (χ1v) is 15.3. The summed E-state index contributed by atoms with van der Waals surface area (Å²) in [5.74, 6) is 1.54. The Morgan fingerprint density at radius 1 is 1.10 bits per heavy atom. The number of epoxide rings is 1. The minimum atomic E-state index is -0.550. The van der Waals surface area contributed by atoms with E-state index in [0.29, 0.717) is 25.5 Å². The van der Waals surface area contributed by atoms with Crippen molar-refractivity contribution in [3.8, 4) is 11.5 Å². The molecular weight excluding hydrogens is 514 g/mol. The summed E-state index contributed by atoms with van der Waals surface area (Å²) in [5.41, 5.74) is 2.14. The number of alkyl carbamates (subject to hydrolysis) is 1. The van der Waals surface area contributed by atoms with E-state index in [0.717, 1.165) is 37.0 Å². The Labute approximate surface area is 234 Å². The van der Waals surface area contributed by atoms with E-state index in [4.69, 9.17) is 28.1 Å². The van der Waals surface area contributed by atoms with Crippen LogP contribution in [-0.2, 0) is 24.1 Å². The summed E-state index contributed by atoms with van der Waals surface area (Å²) < 4.78 is 33.5. The molecule has 3 rings (SSSR count). The van der Waals surface area contributed by atoms with Crippen LogP contribution >= 0.6 is 0 Å². The highest BCUT2D eigenvalue weighted by atomic mass is 28.2. The number of hydrogen-bond acceptors (Lipinski definition) is 7. The molecule has 0 saturated carbocycles. The summed E-state index contributed by atoms with van der Waals surface area (Å²) in [5, 5.41) is 2.80. The normalized spacial score (nSPS) is 15.6. The Bertz CT molecular complexity index is 993. The Morgan fingerprint density at radius 2 is 1.74 bits per heavy atom. The lowest BCUT2D eigenvalue weighted by Crippen LogP contribution is -2.35. The maximum Gasteiger partial charge on any atom is 0.407 e. The van der Waals surface area contributed by atoms with E-state index in [1.165, 1.54) is 5.56 Å². The van der Waals surface area contributed by atoms with Gasteiger partial charge in [0.15, 0.2) is 15.9 Å². The summed E-state index contributed by atoms with van der Waals surface area (Å²) in [6.45, 7) is 13.5. The lowest BCUT2D eigenvalue weighted by atomic mass is 9.78. The third kappa shape index (κ3) is 11.0. The van der Waals surface area contributed by atoms with Crippen LogP contribution in [0.15, 0.2) is 61.2 Å². The van der Waals surface area contributed by atoms with Crippen molar-refractivity contribution in [2.45, 2.75) is 50.9 Å². The molecule has 9 heteroatoms. The molecule has 1 amide bonds. The summed E-state index contributed by atoms with van der Waals surface area (Å²) in [4.78, 5) is 12.3. The molecule has 2 aromatic carbocycles. The van der Waals surface area contributed by atoms with Gasteiger partial charge in [0.05, 0.1) is 19.8 Å². The fourth-order valence-electron chi connectivity index (χ4n) is 3.90. The topological polar surface area (TPSA) is 87.8 Å². The zero-order valence-electron chi connectivity index (χ0n) is 23.5. The van der Waals surface area contributed by atoms with Gasteiger partial charge in [0.1, 0.15) is 30.8 Å². The summed E-state index contributed by atoms with van der Waals surface area (Å²) in [6.07, 6.45) is 1.75. The predicted octanol–water partition coefficient (Wildman–Crippen LogP) is 4.40. The van der Waals surface area contributed by atoms with Crippen LogP contribution in [0.1, 0.15) is 38.3 Å². The third-order valence-electron chi connectivity index (χ3n) is 6.43. The van der Waals surface area contributed by atoms with Gasteiger partial charge in [0, 0.05) is 18.6 Å². The van der Waals surface area contributed by atoms with E-state index in [1.54, 1.807) is 6.08 Å². The van der Waals surface area contributed by atoms with Crippen LogP contribution < -0.4 is 14.8 Å². The smallest absolute Gasteiger partial charge is 0.407 e. The van der Waals surface area contributed by atoms with Crippen molar-refractivity contribution in [3.05, 3.63) is 72.3 Å². The number of benzene rings is 2. The van der Waals surface area contributed by atoms with Crippen molar-refractivity contribution >= 4 is 15.9 Å². The highest BCUT2D eigenvalue weighted by molar-refractivity contribution is 6.26. The van der Waals surface area contributed by atoms with Crippen LogP contribution in [0.3, 0.4) is 0 Å². The Hall–Kier alpha value is -2.85. The molecule has 2 unspecified atom stereocenters. The van der Waals surface area contributed by atoms with Gasteiger partial charge in [-0.25, -0.2) is 4.79 Å². The molecule has 214 valence electrons. The molecule has 0 aliphatic carbocycles. The van der Waals surface area contributed by atoms with E-state index >= 15 is 0 Å². The Morgan fingerprint density at radius 3 is 2.33 bits per heavy atom. The lowest BCUT2D eigenvalue weighted by molar-refractivity contribution is 0.00549. The second-order valence-corrected chi connectivity index (χ2v) is 11.5. The van der Waals surface area contributed by atoms with Gasteiger partial charge in [-0.2, -0.15) is 0 Å². The van der Waals surface area contributed by atoms with Crippen molar-refractivity contribution < 1.29 is 32.9 Å². The van der Waals surface area contributed by atoms with Gasteiger partial charge in [0.25, 0.3) is 0 Å². The first-order valence-electron chi connectivity index (χ1n) is 13.7. The van der Waals surface area contributed by atoms with Gasteiger partial charge in [-0.15, -0.1) is 6.58 Å². The first-order chi connectivity index (χ1) is 18.9. The molecule has 0 aromatic heterocycles. The number of carbonyl (C=O) groups excluding carboxylic acids is 1. The molecule has 1 aliphatic rings. The predicted molar refractivity (Wildman–Crippen MR) is 155 cm³/mol. The minimum Gasteiger partial charge on any atom is -0.491 e. The van der Waals surface area contributed by atoms with Gasteiger partial charge >= 0.3 is 6.09 Å². The van der Waals surface area contributed by atoms with Crippen molar-refractivity contribution in [1.29, 1.82) is 0 Å². The van der Waals surface area contributed by atoms with Crippen LogP contribution in [0.5, 0.6) is 11.5 Å². The first kappa shape index (κ1) is 30.7. The second-order valence-electron chi connectivity index (χ2n) is 9.94. The number of amides is 1.